The number of ether oxygens (including phenoxy) is 1. The van der Waals surface area contributed by atoms with Gasteiger partial charge in [-0.2, -0.15) is 0 Å². The van der Waals surface area contributed by atoms with E-state index in [0.29, 0.717) is 12.0 Å². The Morgan fingerprint density at radius 3 is 2.36 bits per heavy atom. The summed E-state index contributed by atoms with van der Waals surface area (Å²) in [6, 6.07) is 0. The normalized spacial score (nSPS) is 31.0. The zero-order valence-corrected chi connectivity index (χ0v) is 16.8. The lowest BCUT2D eigenvalue weighted by Gasteiger charge is -2.40. The number of hydrogen-bond acceptors (Lipinski definition) is 1. The van der Waals surface area contributed by atoms with Crippen molar-refractivity contribution in [3.8, 4) is 0 Å². The zero-order valence-electron chi connectivity index (χ0n) is 15.8. The highest BCUT2D eigenvalue weighted by molar-refractivity contribution is 6.83. The lowest BCUT2D eigenvalue weighted by atomic mass is 9.68. The highest BCUT2D eigenvalue weighted by atomic mass is 28.3. The number of rotatable bonds is 5. The van der Waals surface area contributed by atoms with Crippen molar-refractivity contribution in [2.24, 2.45) is 23.7 Å². The summed E-state index contributed by atoms with van der Waals surface area (Å²) in [4.78, 5) is 0. The maximum Gasteiger partial charge on any atom is 0.115 e. The standard InChI is InChI=1S/C20H36OSi/c1-14(2)17-12-11-15(3)13-18(17)16(4)21-19-9-8-10-20(19)22(5,6)7/h8-9,14-18H,10-13H2,1-7H3. The monoisotopic (exact) mass is 320 g/mol. The molecule has 2 aliphatic carbocycles. The van der Waals surface area contributed by atoms with Crippen LogP contribution in [0.3, 0.4) is 0 Å². The summed E-state index contributed by atoms with van der Waals surface area (Å²) < 4.78 is 6.55. The van der Waals surface area contributed by atoms with Crippen LogP contribution in [-0.2, 0) is 4.74 Å². The van der Waals surface area contributed by atoms with Crippen molar-refractivity contribution in [3.05, 3.63) is 23.1 Å². The quantitative estimate of drug-likeness (QED) is 0.549. The minimum Gasteiger partial charge on any atom is -0.491 e. The van der Waals surface area contributed by atoms with Gasteiger partial charge in [-0.1, -0.05) is 52.9 Å². The molecule has 0 spiro atoms. The molecule has 0 aliphatic heterocycles. The van der Waals surface area contributed by atoms with Gasteiger partial charge in [-0.3, -0.25) is 0 Å². The third kappa shape index (κ3) is 4.07. The summed E-state index contributed by atoms with van der Waals surface area (Å²) in [5, 5.41) is 1.60. The predicted octanol–water partition coefficient (Wildman–Crippen LogP) is 6.19. The van der Waals surface area contributed by atoms with Crippen LogP contribution < -0.4 is 0 Å². The van der Waals surface area contributed by atoms with Crippen molar-refractivity contribution in [3.63, 3.8) is 0 Å². The van der Waals surface area contributed by atoms with E-state index in [1.807, 2.05) is 0 Å². The summed E-state index contributed by atoms with van der Waals surface area (Å²) in [5.74, 6) is 4.39. The third-order valence-electron chi connectivity index (χ3n) is 5.78. The fourth-order valence-electron chi connectivity index (χ4n) is 4.37. The molecule has 0 radical (unpaired) electrons. The van der Waals surface area contributed by atoms with E-state index in [4.69, 9.17) is 4.74 Å². The predicted molar refractivity (Wildman–Crippen MR) is 99.5 cm³/mol. The van der Waals surface area contributed by atoms with E-state index in [1.54, 1.807) is 5.20 Å². The van der Waals surface area contributed by atoms with E-state index < -0.39 is 8.07 Å². The van der Waals surface area contributed by atoms with Crippen LogP contribution in [0, 0.1) is 23.7 Å². The first-order valence-electron chi connectivity index (χ1n) is 9.27. The lowest BCUT2D eigenvalue weighted by molar-refractivity contribution is 0.00819. The van der Waals surface area contributed by atoms with E-state index in [2.05, 4.69) is 59.5 Å². The van der Waals surface area contributed by atoms with Gasteiger partial charge in [0.25, 0.3) is 0 Å². The molecule has 0 aromatic carbocycles. The first kappa shape index (κ1) is 17.8. The average molecular weight is 321 g/mol. The van der Waals surface area contributed by atoms with Gasteiger partial charge in [0, 0.05) is 0 Å². The number of hydrogen-bond donors (Lipinski definition) is 0. The van der Waals surface area contributed by atoms with Crippen molar-refractivity contribution >= 4 is 8.07 Å². The Kier molecular flexibility index (Phi) is 5.63. The van der Waals surface area contributed by atoms with Gasteiger partial charge in [0.2, 0.25) is 0 Å². The molecule has 0 saturated heterocycles. The van der Waals surface area contributed by atoms with Crippen LogP contribution in [0.15, 0.2) is 23.1 Å². The van der Waals surface area contributed by atoms with Gasteiger partial charge in [-0.05, 0) is 61.1 Å². The molecule has 1 saturated carbocycles. The molecule has 0 bridgehead atoms. The highest BCUT2D eigenvalue weighted by Gasteiger charge is 2.36. The molecule has 2 heteroatoms. The highest BCUT2D eigenvalue weighted by Crippen LogP contribution is 2.41. The van der Waals surface area contributed by atoms with Gasteiger partial charge in [0.15, 0.2) is 0 Å². The Morgan fingerprint density at radius 2 is 1.77 bits per heavy atom. The Bertz CT molecular complexity index is 441. The molecule has 22 heavy (non-hydrogen) atoms. The summed E-state index contributed by atoms with van der Waals surface area (Å²) in [6.07, 6.45) is 10.1. The molecule has 4 atom stereocenters. The van der Waals surface area contributed by atoms with Crippen LogP contribution in [0.5, 0.6) is 0 Å². The second kappa shape index (κ2) is 6.94. The van der Waals surface area contributed by atoms with Gasteiger partial charge in [0.05, 0.1) is 14.2 Å². The van der Waals surface area contributed by atoms with Gasteiger partial charge < -0.3 is 4.74 Å². The zero-order chi connectivity index (χ0) is 16.5. The summed E-state index contributed by atoms with van der Waals surface area (Å²) >= 11 is 0. The number of allylic oxidation sites excluding steroid dienone is 3. The van der Waals surface area contributed by atoms with E-state index >= 15 is 0 Å². The SMILES string of the molecule is CC1CCC(C(C)C)C(C(C)OC2=C([Si](C)(C)C)CC=C2)C1. The summed E-state index contributed by atoms with van der Waals surface area (Å²) in [5.41, 5.74) is 0. The second-order valence-corrected chi connectivity index (χ2v) is 14.1. The fraction of sp³-hybridized carbons (Fsp3) is 0.800. The summed E-state index contributed by atoms with van der Waals surface area (Å²) in [7, 11) is -1.26. The van der Waals surface area contributed by atoms with Gasteiger partial charge in [0.1, 0.15) is 5.76 Å². The molecule has 126 valence electrons. The molecule has 0 heterocycles. The summed E-state index contributed by atoms with van der Waals surface area (Å²) in [6.45, 7) is 16.8. The minimum absolute atomic E-state index is 0.347. The average Bonchev–Trinajstić information content (AvgIpc) is 2.86. The van der Waals surface area contributed by atoms with E-state index in [0.717, 1.165) is 24.2 Å². The van der Waals surface area contributed by atoms with Crippen molar-refractivity contribution in [1.82, 2.24) is 0 Å². The maximum atomic E-state index is 6.55. The van der Waals surface area contributed by atoms with E-state index in [-0.39, 0.29) is 0 Å². The maximum absolute atomic E-state index is 6.55. The van der Waals surface area contributed by atoms with Crippen LogP contribution in [0.2, 0.25) is 19.6 Å². The molecule has 2 rings (SSSR count). The van der Waals surface area contributed by atoms with Crippen molar-refractivity contribution in [1.29, 1.82) is 0 Å². The lowest BCUT2D eigenvalue weighted by Crippen LogP contribution is -2.36. The molecular weight excluding hydrogens is 284 g/mol. The Balaban J connectivity index is 2.12. The Labute approximate surface area is 139 Å². The molecule has 0 aromatic heterocycles. The van der Waals surface area contributed by atoms with E-state index in [9.17, 15) is 0 Å². The first-order valence-corrected chi connectivity index (χ1v) is 12.8. The molecule has 0 amide bonds. The largest absolute Gasteiger partial charge is 0.491 e. The first-order chi connectivity index (χ1) is 10.2. The van der Waals surface area contributed by atoms with Crippen molar-refractivity contribution in [2.45, 2.75) is 79.1 Å². The van der Waals surface area contributed by atoms with Crippen LogP contribution in [0.1, 0.15) is 53.4 Å². The Hall–Kier alpha value is -0.503. The van der Waals surface area contributed by atoms with Crippen LogP contribution >= 0.6 is 0 Å². The molecule has 1 fully saturated rings. The smallest absolute Gasteiger partial charge is 0.115 e. The Morgan fingerprint density at radius 1 is 1.09 bits per heavy atom. The van der Waals surface area contributed by atoms with Gasteiger partial charge >= 0.3 is 0 Å². The van der Waals surface area contributed by atoms with Crippen LogP contribution in [0.4, 0.5) is 0 Å². The second-order valence-electron chi connectivity index (χ2n) is 9.01. The van der Waals surface area contributed by atoms with Crippen molar-refractivity contribution < 1.29 is 4.74 Å². The molecule has 0 N–H and O–H groups in total. The molecular formula is C20H36OSi. The topological polar surface area (TPSA) is 9.23 Å². The van der Waals surface area contributed by atoms with Crippen molar-refractivity contribution in [2.75, 3.05) is 0 Å². The van der Waals surface area contributed by atoms with Gasteiger partial charge in [-0.25, -0.2) is 0 Å². The molecule has 4 unspecified atom stereocenters. The molecule has 0 aromatic rings. The minimum atomic E-state index is -1.26. The van der Waals surface area contributed by atoms with E-state index in [1.165, 1.54) is 25.0 Å². The third-order valence-corrected chi connectivity index (χ3v) is 8.04. The van der Waals surface area contributed by atoms with Crippen LogP contribution in [0.25, 0.3) is 0 Å². The van der Waals surface area contributed by atoms with Crippen LogP contribution in [-0.4, -0.2) is 14.2 Å². The fourth-order valence-corrected chi connectivity index (χ4v) is 5.99. The molecule has 1 nitrogen and oxygen atoms in total. The van der Waals surface area contributed by atoms with Gasteiger partial charge in [-0.15, -0.1) is 0 Å². The molecule has 2 aliphatic rings.